The van der Waals surface area contributed by atoms with E-state index in [-0.39, 0.29) is 12.5 Å². The Morgan fingerprint density at radius 2 is 1.87 bits per heavy atom. The smallest absolute Gasteiger partial charge is 0.392 e. The van der Waals surface area contributed by atoms with Crippen molar-refractivity contribution in [2.45, 2.75) is 32.5 Å². The van der Waals surface area contributed by atoms with E-state index in [9.17, 15) is 13.2 Å². The fourth-order valence-electron chi connectivity index (χ4n) is 1.48. The van der Waals surface area contributed by atoms with E-state index in [1.807, 2.05) is 13.8 Å². The second-order valence-corrected chi connectivity index (χ2v) is 3.72. The SMILES string of the molecule is CC(C)c1ccc(C(F)(F)F)cc1CO. The average molecular weight is 218 g/mol. The van der Waals surface area contributed by atoms with Crippen LogP contribution in [0.1, 0.15) is 36.5 Å². The van der Waals surface area contributed by atoms with Gasteiger partial charge >= 0.3 is 6.18 Å². The van der Waals surface area contributed by atoms with Gasteiger partial charge in [0.05, 0.1) is 12.2 Å². The van der Waals surface area contributed by atoms with Crippen LogP contribution in [0.25, 0.3) is 0 Å². The molecule has 0 amide bonds. The summed E-state index contributed by atoms with van der Waals surface area (Å²) in [5.74, 6) is 0.106. The molecule has 1 aromatic rings. The molecule has 1 nitrogen and oxygen atoms in total. The number of halogens is 3. The van der Waals surface area contributed by atoms with E-state index in [2.05, 4.69) is 0 Å². The van der Waals surface area contributed by atoms with Gasteiger partial charge in [0.1, 0.15) is 0 Å². The van der Waals surface area contributed by atoms with Crippen molar-refractivity contribution in [3.63, 3.8) is 0 Å². The Hall–Kier alpha value is -1.03. The fourth-order valence-corrected chi connectivity index (χ4v) is 1.48. The number of benzene rings is 1. The van der Waals surface area contributed by atoms with E-state index in [1.54, 1.807) is 0 Å². The van der Waals surface area contributed by atoms with Crippen LogP contribution < -0.4 is 0 Å². The van der Waals surface area contributed by atoms with Crippen LogP contribution in [0.4, 0.5) is 13.2 Å². The van der Waals surface area contributed by atoms with Gasteiger partial charge in [0, 0.05) is 0 Å². The zero-order chi connectivity index (χ0) is 11.6. The molecule has 0 aliphatic heterocycles. The molecule has 0 aliphatic rings. The van der Waals surface area contributed by atoms with E-state index in [0.717, 1.165) is 17.7 Å². The maximum atomic E-state index is 12.4. The van der Waals surface area contributed by atoms with Gasteiger partial charge in [0.15, 0.2) is 0 Å². The molecule has 1 rings (SSSR count). The Morgan fingerprint density at radius 3 is 2.27 bits per heavy atom. The topological polar surface area (TPSA) is 20.2 Å². The first-order valence-electron chi connectivity index (χ1n) is 4.67. The van der Waals surface area contributed by atoms with Crippen molar-refractivity contribution < 1.29 is 18.3 Å². The van der Waals surface area contributed by atoms with Gasteiger partial charge < -0.3 is 5.11 Å². The van der Waals surface area contributed by atoms with E-state index in [4.69, 9.17) is 5.11 Å². The number of rotatable bonds is 2. The molecule has 84 valence electrons. The molecule has 15 heavy (non-hydrogen) atoms. The highest BCUT2D eigenvalue weighted by molar-refractivity contribution is 5.34. The lowest BCUT2D eigenvalue weighted by atomic mass is 9.95. The largest absolute Gasteiger partial charge is 0.416 e. The van der Waals surface area contributed by atoms with Gasteiger partial charge in [-0.3, -0.25) is 0 Å². The molecule has 0 unspecified atom stereocenters. The van der Waals surface area contributed by atoms with Crippen molar-refractivity contribution in [2.75, 3.05) is 0 Å². The second kappa shape index (κ2) is 4.23. The third kappa shape index (κ3) is 2.72. The van der Waals surface area contributed by atoms with E-state index < -0.39 is 11.7 Å². The minimum absolute atomic E-state index is 0.106. The summed E-state index contributed by atoms with van der Waals surface area (Å²) in [6, 6.07) is 3.49. The highest BCUT2D eigenvalue weighted by atomic mass is 19.4. The lowest BCUT2D eigenvalue weighted by Crippen LogP contribution is -2.07. The second-order valence-electron chi connectivity index (χ2n) is 3.72. The van der Waals surface area contributed by atoms with Gasteiger partial charge in [-0.2, -0.15) is 13.2 Å². The van der Waals surface area contributed by atoms with E-state index in [0.29, 0.717) is 5.56 Å². The molecule has 0 aromatic heterocycles. The summed E-state index contributed by atoms with van der Waals surface area (Å²) in [6.07, 6.45) is -4.35. The normalized spacial score (nSPS) is 12.2. The Bertz CT molecular complexity index is 342. The zero-order valence-corrected chi connectivity index (χ0v) is 8.60. The lowest BCUT2D eigenvalue weighted by molar-refractivity contribution is -0.137. The molecule has 0 fully saturated rings. The monoisotopic (exact) mass is 218 g/mol. The summed E-state index contributed by atoms with van der Waals surface area (Å²) in [5, 5.41) is 8.99. The predicted octanol–water partition coefficient (Wildman–Crippen LogP) is 3.32. The molecule has 0 bridgehead atoms. The number of aliphatic hydroxyl groups excluding tert-OH is 1. The Kier molecular flexibility index (Phi) is 3.39. The van der Waals surface area contributed by atoms with Gasteiger partial charge in [-0.25, -0.2) is 0 Å². The van der Waals surface area contributed by atoms with E-state index in [1.165, 1.54) is 6.07 Å². The average Bonchev–Trinajstić information content (AvgIpc) is 2.15. The van der Waals surface area contributed by atoms with Crippen LogP contribution in [0.5, 0.6) is 0 Å². The van der Waals surface area contributed by atoms with Crippen molar-refractivity contribution in [3.05, 3.63) is 34.9 Å². The van der Waals surface area contributed by atoms with Crippen LogP contribution in [0, 0.1) is 0 Å². The number of hydrogen-bond acceptors (Lipinski definition) is 1. The predicted molar refractivity (Wildman–Crippen MR) is 51.5 cm³/mol. The van der Waals surface area contributed by atoms with Crippen molar-refractivity contribution >= 4 is 0 Å². The van der Waals surface area contributed by atoms with Crippen molar-refractivity contribution in [2.24, 2.45) is 0 Å². The molecule has 0 atom stereocenters. The first-order valence-corrected chi connectivity index (χ1v) is 4.67. The highest BCUT2D eigenvalue weighted by Crippen LogP contribution is 2.32. The summed E-state index contributed by atoms with van der Waals surface area (Å²) >= 11 is 0. The summed E-state index contributed by atoms with van der Waals surface area (Å²) in [6.45, 7) is 3.39. The first-order chi connectivity index (χ1) is 6.86. The summed E-state index contributed by atoms with van der Waals surface area (Å²) < 4.78 is 37.1. The molecule has 4 heteroatoms. The van der Waals surface area contributed by atoms with Crippen molar-refractivity contribution in [1.29, 1.82) is 0 Å². The zero-order valence-electron chi connectivity index (χ0n) is 8.60. The fraction of sp³-hybridized carbons (Fsp3) is 0.455. The quantitative estimate of drug-likeness (QED) is 0.807. The number of aliphatic hydroxyl groups is 1. The molecular formula is C11H13F3O. The Balaban J connectivity index is 3.19. The maximum Gasteiger partial charge on any atom is 0.416 e. The third-order valence-corrected chi connectivity index (χ3v) is 2.26. The minimum atomic E-state index is -4.35. The Morgan fingerprint density at radius 1 is 1.27 bits per heavy atom. The molecule has 1 N–H and O–H groups in total. The first kappa shape index (κ1) is 12.0. The number of hydrogen-bond donors (Lipinski definition) is 1. The molecule has 0 saturated heterocycles. The molecule has 0 heterocycles. The summed E-state index contributed by atoms with van der Waals surface area (Å²) in [7, 11) is 0. The lowest BCUT2D eigenvalue weighted by Gasteiger charge is -2.14. The van der Waals surface area contributed by atoms with Gasteiger partial charge in [-0.15, -0.1) is 0 Å². The van der Waals surface area contributed by atoms with Crippen LogP contribution in [0.15, 0.2) is 18.2 Å². The Labute approximate surface area is 86.5 Å². The summed E-state index contributed by atoms with van der Waals surface area (Å²) in [5.41, 5.74) is 0.390. The molecule has 0 radical (unpaired) electrons. The standard InChI is InChI=1S/C11H13F3O/c1-7(2)10-4-3-9(11(12,13)14)5-8(10)6-15/h3-5,7,15H,6H2,1-2H3. The molecule has 0 spiro atoms. The van der Waals surface area contributed by atoms with Gasteiger partial charge in [0.25, 0.3) is 0 Å². The van der Waals surface area contributed by atoms with Gasteiger partial charge in [-0.1, -0.05) is 19.9 Å². The molecule has 0 aliphatic carbocycles. The highest BCUT2D eigenvalue weighted by Gasteiger charge is 2.30. The van der Waals surface area contributed by atoms with Crippen LogP contribution >= 0.6 is 0 Å². The van der Waals surface area contributed by atoms with Gasteiger partial charge in [0.2, 0.25) is 0 Å². The van der Waals surface area contributed by atoms with E-state index >= 15 is 0 Å². The molecular weight excluding hydrogens is 205 g/mol. The van der Waals surface area contributed by atoms with Crippen LogP contribution in [-0.2, 0) is 12.8 Å². The third-order valence-electron chi connectivity index (χ3n) is 2.26. The molecule has 1 aromatic carbocycles. The van der Waals surface area contributed by atoms with Crippen LogP contribution in [-0.4, -0.2) is 5.11 Å². The maximum absolute atomic E-state index is 12.4. The van der Waals surface area contributed by atoms with Gasteiger partial charge in [-0.05, 0) is 29.2 Å². The molecule has 0 saturated carbocycles. The minimum Gasteiger partial charge on any atom is -0.392 e. The van der Waals surface area contributed by atoms with Crippen LogP contribution in [0.2, 0.25) is 0 Å². The number of alkyl halides is 3. The van der Waals surface area contributed by atoms with Crippen molar-refractivity contribution in [3.8, 4) is 0 Å². The van der Waals surface area contributed by atoms with Crippen molar-refractivity contribution in [1.82, 2.24) is 0 Å². The van der Waals surface area contributed by atoms with Crippen LogP contribution in [0.3, 0.4) is 0 Å². The summed E-state index contributed by atoms with van der Waals surface area (Å²) in [4.78, 5) is 0.